The Morgan fingerprint density at radius 3 is 2.26 bits per heavy atom. The molecule has 0 aliphatic heterocycles. The second-order valence-corrected chi connectivity index (χ2v) is 11.5. The molecule has 1 aliphatic rings. The second kappa shape index (κ2) is 13.8. The monoisotopic (exact) mass is 590 g/mol. The maximum atomic E-state index is 13.9. The van der Waals surface area contributed by atoms with Gasteiger partial charge in [-0.05, 0) is 68.0 Å². The molecule has 1 aliphatic carbocycles. The van der Waals surface area contributed by atoms with E-state index in [0.717, 1.165) is 58.0 Å². The highest BCUT2D eigenvalue weighted by Gasteiger charge is 2.32. The summed E-state index contributed by atoms with van der Waals surface area (Å²) in [4.78, 5) is 29.5. The Morgan fingerprint density at radius 2 is 1.59 bits per heavy atom. The number of aryl methyl sites for hydroxylation is 3. The van der Waals surface area contributed by atoms with Gasteiger partial charge in [0.2, 0.25) is 5.91 Å². The lowest BCUT2D eigenvalue weighted by Crippen LogP contribution is -2.53. The SMILES string of the molecule is Cc1cccc(CN(C(=O)COc2cc(C)c(Br)c(C)c2)[C@H](Cc2ccccc2)C(=O)NC2CCCCC2)c1. The number of nitrogens with zero attached hydrogens (tertiary/aromatic N) is 1. The molecule has 206 valence electrons. The molecule has 1 N–H and O–H groups in total. The minimum atomic E-state index is -0.653. The predicted molar refractivity (Wildman–Crippen MR) is 160 cm³/mol. The van der Waals surface area contributed by atoms with Crippen molar-refractivity contribution in [2.45, 2.75) is 77.9 Å². The zero-order chi connectivity index (χ0) is 27.8. The van der Waals surface area contributed by atoms with Gasteiger partial charge >= 0.3 is 0 Å². The Balaban J connectivity index is 1.62. The van der Waals surface area contributed by atoms with Crippen molar-refractivity contribution >= 4 is 27.7 Å². The first-order valence-corrected chi connectivity index (χ1v) is 14.7. The number of amides is 2. The topological polar surface area (TPSA) is 58.6 Å². The number of ether oxygens (including phenoxy) is 1. The number of halogens is 1. The van der Waals surface area contributed by atoms with Crippen molar-refractivity contribution in [2.24, 2.45) is 0 Å². The maximum absolute atomic E-state index is 13.9. The van der Waals surface area contributed by atoms with E-state index in [9.17, 15) is 9.59 Å². The van der Waals surface area contributed by atoms with E-state index < -0.39 is 6.04 Å². The molecule has 0 heterocycles. The number of carbonyl (C=O) groups excluding carboxylic acids is 2. The van der Waals surface area contributed by atoms with Crippen LogP contribution in [0.15, 0.2) is 71.2 Å². The van der Waals surface area contributed by atoms with Gasteiger partial charge in [0.05, 0.1) is 0 Å². The molecular formula is C33H39BrN2O3. The lowest BCUT2D eigenvalue weighted by Gasteiger charge is -2.33. The van der Waals surface area contributed by atoms with Crippen LogP contribution in [0.1, 0.15) is 59.9 Å². The first-order valence-electron chi connectivity index (χ1n) is 13.9. The fourth-order valence-electron chi connectivity index (χ4n) is 5.32. The third-order valence-corrected chi connectivity index (χ3v) is 8.68. The molecule has 6 heteroatoms. The fraction of sp³-hybridized carbons (Fsp3) is 0.394. The third-order valence-electron chi connectivity index (χ3n) is 7.43. The highest BCUT2D eigenvalue weighted by molar-refractivity contribution is 9.10. The van der Waals surface area contributed by atoms with E-state index in [-0.39, 0.29) is 24.5 Å². The number of hydrogen-bond acceptors (Lipinski definition) is 3. The van der Waals surface area contributed by atoms with Gasteiger partial charge in [-0.2, -0.15) is 0 Å². The summed E-state index contributed by atoms with van der Waals surface area (Å²) in [5.74, 6) is 0.333. The molecule has 0 unspecified atom stereocenters. The van der Waals surface area contributed by atoms with Gasteiger partial charge in [0.25, 0.3) is 5.91 Å². The lowest BCUT2D eigenvalue weighted by atomic mass is 9.94. The van der Waals surface area contributed by atoms with Crippen LogP contribution in [-0.4, -0.2) is 35.4 Å². The summed E-state index contributed by atoms with van der Waals surface area (Å²) in [6, 6.07) is 21.4. The Labute approximate surface area is 241 Å². The normalized spacial score (nSPS) is 14.5. The van der Waals surface area contributed by atoms with Gasteiger partial charge in [-0.15, -0.1) is 0 Å². The largest absolute Gasteiger partial charge is 0.484 e. The molecule has 0 saturated heterocycles. The van der Waals surface area contributed by atoms with Crippen LogP contribution in [0.2, 0.25) is 0 Å². The van der Waals surface area contributed by atoms with Crippen LogP contribution in [0.3, 0.4) is 0 Å². The Hall–Kier alpha value is -3.12. The van der Waals surface area contributed by atoms with Crippen molar-refractivity contribution in [1.82, 2.24) is 10.2 Å². The summed E-state index contributed by atoms with van der Waals surface area (Å²) in [6.45, 7) is 6.23. The van der Waals surface area contributed by atoms with Crippen LogP contribution in [0.5, 0.6) is 5.75 Å². The lowest BCUT2D eigenvalue weighted by molar-refractivity contribution is -0.143. The molecular weight excluding hydrogens is 552 g/mol. The summed E-state index contributed by atoms with van der Waals surface area (Å²) in [5.41, 5.74) is 5.21. The van der Waals surface area contributed by atoms with Gasteiger partial charge in [-0.25, -0.2) is 0 Å². The Bertz CT molecular complexity index is 1250. The van der Waals surface area contributed by atoms with Crippen LogP contribution in [0.4, 0.5) is 0 Å². The van der Waals surface area contributed by atoms with Gasteiger partial charge in [0.1, 0.15) is 11.8 Å². The summed E-state index contributed by atoms with van der Waals surface area (Å²) in [7, 11) is 0. The van der Waals surface area contributed by atoms with Gasteiger partial charge in [-0.1, -0.05) is 95.4 Å². The number of rotatable bonds is 10. The highest BCUT2D eigenvalue weighted by Crippen LogP contribution is 2.27. The number of benzene rings is 3. The van der Waals surface area contributed by atoms with Gasteiger partial charge < -0.3 is 15.0 Å². The summed E-state index contributed by atoms with van der Waals surface area (Å²) in [5, 5.41) is 3.29. The van der Waals surface area contributed by atoms with E-state index in [4.69, 9.17) is 4.74 Å². The van der Waals surface area contributed by atoms with E-state index in [1.807, 2.05) is 81.4 Å². The molecule has 1 atom stereocenters. The van der Waals surface area contributed by atoms with Crippen molar-refractivity contribution in [3.63, 3.8) is 0 Å². The summed E-state index contributed by atoms with van der Waals surface area (Å²) < 4.78 is 7.05. The standard InChI is InChI=1S/C33H39BrN2O3/c1-23-11-10-14-27(17-23)21-36(31(37)22-39-29-18-24(2)32(34)25(3)19-29)30(20-26-12-6-4-7-13-26)33(38)35-28-15-8-5-9-16-28/h4,6-7,10-14,17-19,28,30H,5,8-9,15-16,20-22H2,1-3H3,(H,35,38)/t30-/m1/s1. The quantitative estimate of drug-likeness (QED) is 0.281. The van der Waals surface area contributed by atoms with E-state index >= 15 is 0 Å². The summed E-state index contributed by atoms with van der Waals surface area (Å²) in [6.07, 6.45) is 5.87. The zero-order valence-electron chi connectivity index (χ0n) is 23.2. The van der Waals surface area contributed by atoms with E-state index in [1.165, 1.54) is 6.42 Å². The van der Waals surface area contributed by atoms with Gasteiger partial charge in [-0.3, -0.25) is 9.59 Å². The third kappa shape index (κ3) is 8.18. The van der Waals surface area contributed by atoms with Crippen LogP contribution < -0.4 is 10.1 Å². The van der Waals surface area contributed by atoms with E-state index in [2.05, 4.69) is 27.3 Å². The van der Waals surface area contributed by atoms with E-state index in [1.54, 1.807) is 4.90 Å². The van der Waals surface area contributed by atoms with Crippen molar-refractivity contribution in [2.75, 3.05) is 6.61 Å². The molecule has 0 spiro atoms. The van der Waals surface area contributed by atoms with Crippen molar-refractivity contribution in [3.05, 3.63) is 99.0 Å². The maximum Gasteiger partial charge on any atom is 0.261 e. The average Bonchev–Trinajstić information content (AvgIpc) is 2.93. The fourth-order valence-corrected chi connectivity index (χ4v) is 5.55. The molecule has 4 rings (SSSR count). The average molecular weight is 592 g/mol. The molecule has 3 aromatic carbocycles. The smallest absolute Gasteiger partial charge is 0.261 e. The van der Waals surface area contributed by atoms with Crippen LogP contribution >= 0.6 is 15.9 Å². The molecule has 3 aromatic rings. The predicted octanol–water partition coefficient (Wildman–Crippen LogP) is 6.84. The Morgan fingerprint density at radius 1 is 0.923 bits per heavy atom. The van der Waals surface area contributed by atoms with E-state index in [0.29, 0.717) is 18.7 Å². The molecule has 39 heavy (non-hydrogen) atoms. The number of carbonyl (C=O) groups is 2. The van der Waals surface area contributed by atoms with Crippen LogP contribution in [0.25, 0.3) is 0 Å². The van der Waals surface area contributed by atoms with Gasteiger partial charge in [0.15, 0.2) is 6.61 Å². The molecule has 0 bridgehead atoms. The van der Waals surface area contributed by atoms with Crippen molar-refractivity contribution in [3.8, 4) is 5.75 Å². The Kier molecular flexibility index (Phi) is 10.2. The molecule has 2 amide bonds. The molecule has 1 saturated carbocycles. The van der Waals surface area contributed by atoms with Crippen LogP contribution in [-0.2, 0) is 22.6 Å². The van der Waals surface area contributed by atoms with Crippen molar-refractivity contribution < 1.29 is 14.3 Å². The number of hydrogen-bond donors (Lipinski definition) is 1. The minimum Gasteiger partial charge on any atom is -0.484 e. The molecule has 0 radical (unpaired) electrons. The highest BCUT2D eigenvalue weighted by atomic mass is 79.9. The molecule has 5 nitrogen and oxygen atoms in total. The summed E-state index contributed by atoms with van der Waals surface area (Å²) >= 11 is 3.59. The first kappa shape index (κ1) is 28.9. The van der Waals surface area contributed by atoms with Gasteiger partial charge in [0, 0.05) is 23.5 Å². The first-order chi connectivity index (χ1) is 18.8. The van der Waals surface area contributed by atoms with Crippen LogP contribution in [0, 0.1) is 20.8 Å². The minimum absolute atomic E-state index is 0.0953. The molecule has 1 fully saturated rings. The second-order valence-electron chi connectivity index (χ2n) is 10.7. The number of nitrogens with one attached hydrogen (secondary N) is 1. The molecule has 0 aromatic heterocycles. The zero-order valence-corrected chi connectivity index (χ0v) is 24.8. The van der Waals surface area contributed by atoms with Crippen molar-refractivity contribution in [1.29, 1.82) is 0 Å².